The molecule has 0 spiro atoms. The van der Waals surface area contributed by atoms with Crippen molar-refractivity contribution in [3.05, 3.63) is 34.3 Å². The number of carbonyl (C=O) groups is 1. The first-order chi connectivity index (χ1) is 10.4. The fourth-order valence-corrected chi connectivity index (χ4v) is 2.74. The maximum atomic E-state index is 11.0. The van der Waals surface area contributed by atoms with Crippen LogP contribution in [0.2, 0.25) is 0 Å². The zero-order valence-electron chi connectivity index (χ0n) is 13.5. The van der Waals surface area contributed by atoms with Crippen molar-refractivity contribution < 1.29 is 44.2 Å². The molecule has 1 aromatic heterocycles. The molecule has 0 bridgehead atoms. The monoisotopic (exact) mass is 338 g/mol. The van der Waals surface area contributed by atoms with Crippen LogP contribution >= 0.6 is 11.3 Å². The minimum atomic E-state index is -1.24. The van der Waals surface area contributed by atoms with E-state index in [1.165, 1.54) is 0 Å². The largest absolute Gasteiger partial charge is 1.00 e. The van der Waals surface area contributed by atoms with Crippen molar-refractivity contribution in [3.63, 3.8) is 0 Å². The molecule has 0 atom stereocenters. The van der Waals surface area contributed by atoms with Crippen molar-refractivity contribution >= 4 is 17.3 Å². The zero-order valence-corrected chi connectivity index (χ0v) is 16.4. The van der Waals surface area contributed by atoms with Crippen LogP contribution in [0.5, 0.6) is 5.75 Å². The van der Waals surface area contributed by atoms with Gasteiger partial charge in [-0.2, -0.15) is 5.26 Å². The Balaban J connectivity index is 0.00000264. The van der Waals surface area contributed by atoms with Gasteiger partial charge in [0.2, 0.25) is 0 Å². The van der Waals surface area contributed by atoms with Crippen LogP contribution in [0.3, 0.4) is 0 Å². The van der Waals surface area contributed by atoms with Gasteiger partial charge in [0.25, 0.3) is 0 Å². The summed E-state index contributed by atoms with van der Waals surface area (Å²) in [6.45, 7) is 6.20. The molecule has 0 N–H and O–H groups in total. The molecule has 0 aliphatic carbocycles. The fourth-order valence-electron chi connectivity index (χ4n) is 1.84. The summed E-state index contributed by atoms with van der Waals surface area (Å²) in [5.74, 6) is -0.356. The quantitative estimate of drug-likeness (QED) is 0.679. The third-order valence-corrected chi connectivity index (χ3v) is 4.09. The van der Waals surface area contributed by atoms with Crippen LogP contribution in [0.1, 0.15) is 34.8 Å². The van der Waals surface area contributed by atoms with Gasteiger partial charge in [0.05, 0.1) is 28.7 Å². The Hall–Kier alpha value is -1.39. The van der Waals surface area contributed by atoms with Crippen molar-refractivity contribution in [2.45, 2.75) is 20.8 Å². The maximum absolute atomic E-state index is 11.0. The summed E-state index contributed by atoms with van der Waals surface area (Å²) < 4.78 is 5.60. The molecule has 0 saturated carbocycles. The SMILES string of the molecule is Cc1nc(-c2ccc(OCC(C)C)c(C#N)c2)sc1C(=O)[O-].[Na+]. The van der Waals surface area contributed by atoms with Gasteiger partial charge in [-0.3, -0.25) is 0 Å². The summed E-state index contributed by atoms with van der Waals surface area (Å²) in [6, 6.07) is 7.24. The molecule has 7 heteroatoms. The summed E-state index contributed by atoms with van der Waals surface area (Å²) in [7, 11) is 0. The van der Waals surface area contributed by atoms with E-state index in [9.17, 15) is 15.2 Å². The van der Waals surface area contributed by atoms with Gasteiger partial charge in [0.1, 0.15) is 16.8 Å². The zero-order chi connectivity index (χ0) is 16.3. The average Bonchev–Trinajstić information content (AvgIpc) is 2.87. The van der Waals surface area contributed by atoms with Crippen LogP contribution in [0.25, 0.3) is 10.6 Å². The molecule has 23 heavy (non-hydrogen) atoms. The summed E-state index contributed by atoms with van der Waals surface area (Å²) >= 11 is 1.04. The second-order valence-electron chi connectivity index (χ2n) is 5.25. The molecular weight excluding hydrogens is 323 g/mol. The molecule has 2 aromatic rings. The number of carbonyl (C=O) groups excluding carboxylic acids is 1. The molecule has 5 nitrogen and oxygen atoms in total. The van der Waals surface area contributed by atoms with Crippen LogP contribution in [-0.4, -0.2) is 17.6 Å². The standard InChI is InChI=1S/C16H16N2O3S.Na/c1-9(2)8-21-13-5-4-11(6-12(13)7-17)15-18-10(3)14(22-15)16(19)20;/h4-6,9H,8H2,1-3H3,(H,19,20);/q;+1/p-1. The van der Waals surface area contributed by atoms with E-state index in [0.717, 1.165) is 11.3 Å². The molecule has 0 radical (unpaired) electrons. The Bertz CT molecular complexity index is 750. The molecule has 0 aliphatic rings. The number of carboxylic acid groups (broad SMARTS) is 1. The first-order valence-corrected chi connectivity index (χ1v) is 7.60. The van der Waals surface area contributed by atoms with Gasteiger partial charge in [0.15, 0.2) is 0 Å². The molecule has 2 rings (SSSR count). The average molecular weight is 338 g/mol. The van der Waals surface area contributed by atoms with Crippen LogP contribution in [-0.2, 0) is 0 Å². The van der Waals surface area contributed by atoms with E-state index in [2.05, 4.69) is 11.1 Å². The fraction of sp³-hybridized carbons (Fsp3) is 0.312. The molecule has 0 amide bonds. The number of aryl methyl sites for hydroxylation is 1. The summed E-state index contributed by atoms with van der Waals surface area (Å²) in [5.41, 5.74) is 1.51. The maximum Gasteiger partial charge on any atom is 1.00 e. The first-order valence-electron chi connectivity index (χ1n) is 6.78. The molecule has 1 heterocycles. The number of hydrogen-bond donors (Lipinski definition) is 0. The predicted octanol–water partition coefficient (Wildman–Crippen LogP) is -0.607. The molecule has 0 fully saturated rings. The number of nitriles is 1. The Labute approximate surface area is 161 Å². The Morgan fingerprint density at radius 3 is 2.70 bits per heavy atom. The van der Waals surface area contributed by atoms with E-state index in [0.29, 0.717) is 40.1 Å². The third-order valence-electron chi connectivity index (χ3n) is 2.90. The van der Waals surface area contributed by atoms with Gasteiger partial charge >= 0.3 is 29.6 Å². The van der Waals surface area contributed by atoms with E-state index in [1.54, 1.807) is 25.1 Å². The smallest absolute Gasteiger partial charge is 0.544 e. The van der Waals surface area contributed by atoms with Crippen LogP contribution in [0, 0.1) is 24.2 Å². The van der Waals surface area contributed by atoms with Crippen molar-refractivity contribution in [1.29, 1.82) is 5.26 Å². The minimum absolute atomic E-state index is 0. The van der Waals surface area contributed by atoms with Crippen LogP contribution in [0.4, 0.5) is 0 Å². The van der Waals surface area contributed by atoms with E-state index in [1.807, 2.05) is 13.8 Å². The van der Waals surface area contributed by atoms with Gasteiger partial charge in [-0.25, -0.2) is 4.98 Å². The third kappa shape index (κ3) is 4.79. The van der Waals surface area contributed by atoms with Crippen LogP contribution < -0.4 is 39.4 Å². The van der Waals surface area contributed by atoms with Crippen LogP contribution in [0.15, 0.2) is 18.2 Å². The number of benzene rings is 1. The second-order valence-corrected chi connectivity index (χ2v) is 6.25. The number of hydrogen-bond acceptors (Lipinski definition) is 6. The second kappa shape index (κ2) is 8.46. The molecular formula is C16H15N2NaO3S. The number of nitrogens with zero attached hydrogens (tertiary/aromatic N) is 2. The normalized spacial score (nSPS) is 10.0. The van der Waals surface area contributed by atoms with Gasteiger partial charge in [-0.1, -0.05) is 13.8 Å². The number of ether oxygens (including phenoxy) is 1. The van der Waals surface area contributed by atoms with E-state index in [4.69, 9.17) is 4.74 Å². The first kappa shape index (κ1) is 19.7. The van der Waals surface area contributed by atoms with E-state index >= 15 is 0 Å². The number of rotatable bonds is 5. The van der Waals surface area contributed by atoms with E-state index in [-0.39, 0.29) is 34.4 Å². The molecule has 0 unspecified atom stereocenters. The molecule has 0 saturated heterocycles. The summed E-state index contributed by atoms with van der Waals surface area (Å²) in [6.07, 6.45) is 0. The van der Waals surface area contributed by atoms with Crippen molar-refractivity contribution in [3.8, 4) is 22.4 Å². The van der Waals surface area contributed by atoms with Crippen molar-refractivity contribution in [2.24, 2.45) is 5.92 Å². The van der Waals surface area contributed by atoms with E-state index < -0.39 is 5.97 Å². The molecule has 0 aliphatic heterocycles. The molecule has 114 valence electrons. The van der Waals surface area contributed by atoms with Crippen molar-refractivity contribution in [2.75, 3.05) is 6.61 Å². The Kier molecular flexibility index (Phi) is 7.23. The number of aromatic nitrogens is 1. The summed E-state index contributed by atoms with van der Waals surface area (Å²) in [5, 5.41) is 20.8. The van der Waals surface area contributed by atoms with Gasteiger partial charge in [-0.15, -0.1) is 11.3 Å². The van der Waals surface area contributed by atoms with Crippen molar-refractivity contribution in [1.82, 2.24) is 4.98 Å². The van der Waals surface area contributed by atoms with Gasteiger partial charge < -0.3 is 14.6 Å². The molecule has 1 aromatic carbocycles. The number of carboxylic acids is 1. The number of thiazole rings is 1. The topological polar surface area (TPSA) is 86.0 Å². The minimum Gasteiger partial charge on any atom is -0.544 e. The van der Waals surface area contributed by atoms with Gasteiger partial charge in [0, 0.05) is 5.56 Å². The predicted molar refractivity (Wildman–Crippen MR) is 81.7 cm³/mol. The number of aromatic carboxylic acids is 1. The Morgan fingerprint density at radius 1 is 1.48 bits per heavy atom. The Morgan fingerprint density at radius 2 is 2.17 bits per heavy atom. The summed E-state index contributed by atoms with van der Waals surface area (Å²) in [4.78, 5) is 15.3. The van der Waals surface area contributed by atoms with Gasteiger partial charge in [-0.05, 0) is 31.0 Å².